The van der Waals surface area contributed by atoms with E-state index in [0.717, 1.165) is 17.7 Å². The molecule has 0 saturated carbocycles. The van der Waals surface area contributed by atoms with E-state index in [9.17, 15) is 4.79 Å². The zero-order valence-corrected chi connectivity index (χ0v) is 11.8. The summed E-state index contributed by atoms with van der Waals surface area (Å²) in [5.41, 5.74) is 0.883. The zero-order valence-electron chi connectivity index (χ0n) is 11.8. The molecule has 1 rings (SSSR count). The molecule has 0 bridgehead atoms. The second kappa shape index (κ2) is 8.67. The van der Waals surface area contributed by atoms with Crippen LogP contribution in [0.1, 0.15) is 38.2 Å². The number of aliphatic carboxylic acids is 1. The van der Waals surface area contributed by atoms with Crippen LogP contribution in [0, 0.1) is 23.7 Å². The Hall–Kier alpha value is -2.39. The number of hydrogen-bond acceptors (Lipinski definition) is 2. The van der Waals surface area contributed by atoms with Crippen LogP contribution in [0.25, 0.3) is 0 Å². The van der Waals surface area contributed by atoms with E-state index in [4.69, 9.17) is 9.84 Å². The van der Waals surface area contributed by atoms with Crippen LogP contribution in [0.5, 0.6) is 5.75 Å². The van der Waals surface area contributed by atoms with Crippen LogP contribution in [-0.2, 0) is 4.79 Å². The maximum atomic E-state index is 10.8. The summed E-state index contributed by atoms with van der Waals surface area (Å²) in [7, 11) is 0. The van der Waals surface area contributed by atoms with E-state index in [0.29, 0.717) is 6.61 Å². The molecule has 3 nitrogen and oxygen atoms in total. The van der Waals surface area contributed by atoms with E-state index in [1.165, 1.54) is 0 Å². The average molecular weight is 270 g/mol. The predicted octanol–water partition coefficient (Wildman–Crippen LogP) is 3.06. The Labute approximate surface area is 120 Å². The first-order chi connectivity index (χ1) is 9.67. The van der Waals surface area contributed by atoms with Gasteiger partial charge in [0.15, 0.2) is 0 Å². The van der Waals surface area contributed by atoms with Crippen LogP contribution in [-0.4, -0.2) is 17.7 Å². The number of ether oxygens (including phenoxy) is 1. The van der Waals surface area contributed by atoms with E-state index in [1.807, 2.05) is 31.2 Å². The highest BCUT2D eigenvalue weighted by Crippen LogP contribution is 2.22. The van der Waals surface area contributed by atoms with Crippen LogP contribution < -0.4 is 4.74 Å². The standard InChI is InChI=1S/C17H18O3/c1-3-5-6-12-20-16-10-8-14(9-11-16)15(7-4-2)13-17(18)19/h8-11,15H,3,12-13H2,1-2H3,(H,18,19)/t15-/m0/s1. The number of rotatable bonds is 5. The molecule has 0 aliphatic carbocycles. The molecule has 1 N–H and O–H groups in total. The van der Waals surface area contributed by atoms with E-state index in [-0.39, 0.29) is 12.3 Å². The van der Waals surface area contributed by atoms with E-state index in [2.05, 4.69) is 23.7 Å². The number of carboxylic acids is 1. The molecule has 0 aliphatic heterocycles. The smallest absolute Gasteiger partial charge is 0.304 e. The summed E-state index contributed by atoms with van der Waals surface area (Å²) < 4.78 is 5.46. The number of carbonyl (C=O) groups is 1. The topological polar surface area (TPSA) is 46.5 Å². The van der Waals surface area contributed by atoms with Crippen molar-refractivity contribution in [2.75, 3.05) is 6.61 Å². The molecule has 0 amide bonds. The molecule has 20 heavy (non-hydrogen) atoms. The molecule has 0 aromatic heterocycles. The summed E-state index contributed by atoms with van der Waals surface area (Å²) >= 11 is 0. The fourth-order valence-corrected chi connectivity index (χ4v) is 1.69. The van der Waals surface area contributed by atoms with E-state index in [1.54, 1.807) is 6.92 Å². The van der Waals surface area contributed by atoms with Gasteiger partial charge in [0.2, 0.25) is 0 Å². The Kier molecular flexibility index (Phi) is 6.79. The molecule has 0 fully saturated rings. The van der Waals surface area contributed by atoms with Gasteiger partial charge in [0.1, 0.15) is 12.4 Å². The van der Waals surface area contributed by atoms with Crippen LogP contribution in [0.15, 0.2) is 24.3 Å². The van der Waals surface area contributed by atoms with Crippen molar-refractivity contribution in [2.45, 2.75) is 32.6 Å². The monoisotopic (exact) mass is 270 g/mol. The third-order valence-corrected chi connectivity index (χ3v) is 2.59. The summed E-state index contributed by atoms with van der Waals surface area (Å²) in [5.74, 6) is 11.1. The van der Waals surface area contributed by atoms with Gasteiger partial charge in [-0.2, -0.15) is 0 Å². The van der Waals surface area contributed by atoms with Crippen molar-refractivity contribution in [3.63, 3.8) is 0 Å². The lowest BCUT2D eigenvalue weighted by atomic mass is 9.96. The van der Waals surface area contributed by atoms with Gasteiger partial charge in [-0.25, -0.2) is 0 Å². The summed E-state index contributed by atoms with van der Waals surface area (Å²) in [6, 6.07) is 7.32. The summed E-state index contributed by atoms with van der Waals surface area (Å²) in [6.45, 7) is 4.05. The highest BCUT2D eigenvalue weighted by molar-refractivity contribution is 5.69. The molecule has 3 heteroatoms. The van der Waals surface area contributed by atoms with Crippen molar-refractivity contribution in [1.82, 2.24) is 0 Å². The van der Waals surface area contributed by atoms with Gasteiger partial charge >= 0.3 is 5.97 Å². The fourth-order valence-electron chi connectivity index (χ4n) is 1.69. The minimum atomic E-state index is -0.854. The van der Waals surface area contributed by atoms with Crippen molar-refractivity contribution in [3.8, 4) is 29.4 Å². The SMILES string of the molecule is CC#C[C@@H](CC(=O)O)c1ccc(OCC#CCC)cc1. The first-order valence-corrected chi connectivity index (χ1v) is 6.50. The molecule has 0 heterocycles. The van der Waals surface area contributed by atoms with Gasteiger partial charge in [0.25, 0.3) is 0 Å². The molecule has 1 aromatic carbocycles. The highest BCUT2D eigenvalue weighted by Gasteiger charge is 2.12. The van der Waals surface area contributed by atoms with Crippen LogP contribution in [0.4, 0.5) is 0 Å². The Balaban J connectivity index is 2.71. The third kappa shape index (κ3) is 5.50. The first-order valence-electron chi connectivity index (χ1n) is 6.50. The molecule has 0 unspecified atom stereocenters. The molecule has 104 valence electrons. The molecule has 0 saturated heterocycles. The minimum Gasteiger partial charge on any atom is -0.481 e. The van der Waals surface area contributed by atoms with Crippen molar-refractivity contribution < 1.29 is 14.6 Å². The van der Waals surface area contributed by atoms with Gasteiger partial charge < -0.3 is 9.84 Å². The van der Waals surface area contributed by atoms with Crippen LogP contribution in [0.3, 0.4) is 0 Å². The number of carboxylic acid groups (broad SMARTS) is 1. The van der Waals surface area contributed by atoms with Crippen LogP contribution >= 0.6 is 0 Å². The Morgan fingerprint density at radius 1 is 1.30 bits per heavy atom. The lowest BCUT2D eigenvalue weighted by Crippen LogP contribution is -2.04. The molecular formula is C17H18O3. The normalized spacial score (nSPS) is 10.5. The summed E-state index contributed by atoms with van der Waals surface area (Å²) in [6.07, 6.45) is 0.817. The number of benzene rings is 1. The van der Waals surface area contributed by atoms with Gasteiger partial charge in [-0.3, -0.25) is 4.79 Å². The van der Waals surface area contributed by atoms with Gasteiger partial charge in [-0.05, 0) is 24.6 Å². The maximum absolute atomic E-state index is 10.8. The van der Waals surface area contributed by atoms with E-state index >= 15 is 0 Å². The minimum absolute atomic E-state index is 0.00300. The summed E-state index contributed by atoms with van der Waals surface area (Å²) in [4.78, 5) is 10.8. The quantitative estimate of drug-likeness (QED) is 0.836. The molecule has 0 aliphatic rings. The lowest BCUT2D eigenvalue weighted by molar-refractivity contribution is -0.137. The second-order valence-electron chi connectivity index (χ2n) is 4.11. The van der Waals surface area contributed by atoms with Crippen molar-refractivity contribution >= 4 is 5.97 Å². The fraction of sp³-hybridized carbons (Fsp3) is 0.353. The molecule has 1 aromatic rings. The molecule has 0 radical (unpaired) electrons. The van der Waals surface area contributed by atoms with Crippen molar-refractivity contribution in [3.05, 3.63) is 29.8 Å². The molecule has 0 spiro atoms. The first kappa shape index (κ1) is 15.7. The Morgan fingerprint density at radius 2 is 2.00 bits per heavy atom. The lowest BCUT2D eigenvalue weighted by Gasteiger charge is -2.09. The molecule has 1 atom stereocenters. The zero-order chi connectivity index (χ0) is 14.8. The van der Waals surface area contributed by atoms with Crippen molar-refractivity contribution in [1.29, 1.82) is 0 Å². The van der Waals surface area contributed by atoms with E-state index < -0.39 is 5.97 Å². The predicted molar refractivity (Wildman–Crippen MR) is 78.4 cm³/mol. The van der Waals surface area contributed by atoms with Crippen LogP contribution in [0.2, 0.25) is 0 Å². The largest absolute Gasteiger partial charge is 0.481 e. The second-order valence-corrected chi connectivity index (χ2v) is 4.11. The number of hydrogen-bond donors (Lipinski definition) is 1. The van der Waals surface area contributed by atoms with Gasteiger partial charge in [0, 0.05) is 6.42 Å². The van der Waals surface area contributed by atoms with Gasteiger partial charge in [0.05, 0.1) is 12.3 Å². The highest BCUT2D eigenvalue weighted by atomic mass is 16.5. The Morgan fingerprint density at radius 3 is 2.55 bits per heavy atom. The maximum Gasteiger partial charge on any atom is 0.304 e. The van der Waals surface area contributed by atoms with Gasteiger partial charge in [-0.1, -0.05) is 30.9 Å². The average Bonchev–Trinajstić information content (AvgIpc) is 2.43. The third-order valence-electron chi connectivity index (χ3n) is 2.59. The van der Waals surface area contributed by atoms with Gasteiger partial charge in [-0.15, -0.1) is 11.8 Å². The van der Waals surface area contributed by atoms with Crippen molar-refractivity contribution in [2.24, 2.45) is 0 Å². The Bertz CT molecular complexity index is 550. The molecular weight excluding hydrogens is 252 g/mol. The summed E-state index contributed by atoms with van der Waals surface area (Å²) in [5, 5.41) is 8.89.